The number of carbonyl (C=O) groups excluding carboxylic acids is 1. The summed E-state index contributed by atoms with van der Waals surface area (Å²) in [5.74, 6) is 0.193. The van der Waals surface area contributed by atoms with Gasteiger partial charge in [-0.15, -0.1) is 0 Å². The van der Waals surface area contributed by atoms with Crippen LogP contribution >= 0.6 is 0 Å². The van der Waals surface area contributed by atoms with Crippen molar-refractivity contribution in [2.45, 2.75) is 44.4 Å². The second-order valence-corrected chi connectivity index (χ2v) is 4.41. The van der Waals surface area contributed by atoms with Crippen LogP contribution < -0.4 is 11.1 Å². The Balaban J connectivity index is 1.78. The van der Waals surface area contributed by atoms with Crippen molar-refractivity contribution in [3.63, 3.8) is 0 Å². The summed E-state index contributed by atoms with van der Waals surface area (Å²) < 4.78 is 5.36. The van der Waals surface area contributed by atoms with Gasteiger partial charge in [0.25, 0.3) is 0 Å². The van der Waals surface area contributed by atoms with Gasteiger partial charge < -0.3 is 15.8 Å². The van der Waals surface area contributed by atoms with E-state index in [1.54, 1.807) is 0 Å². The first-order valence-electron chi connectivity index (χ1n) is 5.34. The van der Waals surface area contributed by atoms with Crippen LogP contribution in [0.1, 0.15) is 26.2 Å². The standard InChI is InChI=1S/C10H18N2O2/c1-6-9(2-3-14-6)10(13)12-8-4-7(11)5-8/h6-9H,2-5,11H2,1H3,(H,12,13). The molecular formula is C10H18N2O2. The maximum Gasteiger partial charge on any atom is 0.226 e. The van der Waals surface area contributed by atoms with Gasteiger partial charge in [0.1, 0.15) is 0 Å². The predicted octanol–water partition coefficient (Wildman–Crippen LogP) is 0.0173. The molecule has 0 aromatic carbocycles. The summed E-state index contributed by atoms with van der Waals surface area (Å²) >= 11 is 0. The highest BCUT2D eigenvalue weighted by molar-refractivity contribution is 5.79. The monoisotopic (exact) mass is 198 g/mol. The van der Waals surface area contributed by atoms with Crippen molar-refractivity contribution in [2.75, 3.05) is 6.61 Å². The lowest BCUT2D eigenvalue weighted by atomic mass is 9.87. The van der Waals surface area contributed by atoms with Crippen LogP contribution in [0.25, 0.3) is 0 Å². The number of rotatable bonds is 2. The molecule has 14 heavy (non-hydrogen) atoms. The molecule has 2 unspecified atom stereocenters. The first-order valence-corrected chi connectivity index (χ1v) is 5.34. The van der Waals surface area contributed by atoms with Gasteiger partial charge in [0.2, 0.25) is 5.91 Å². The maximum atomic E-state index is 11.7. The lowest BCUT2D eigenvalue weighted by Gasteiger charge is -2.33. The summed E-state index contributed by atoms with van der Waals surface area (Å²) in [4.78, 5) is 11.7. The molecule has 1 aliphatic heterocycles. The number of nitrogens with one attached hydrogen (secondary N) is 1. The van der Waals surface area contributed by atoms with Gasteiger partial charge in [0, 0.05) is 18.7 Å². The zero-order valence-corrected chi connectivity index (χ0v) is 8.53. The molecule has 2 aliphatic rings. The van der Waals surface area contributed by atoms with E-state index in [0.717, 1.165) is 19.3 Å². The van der Waals surface area contributed by atoms with Crippen LogP contribution in [-0.4, -0.2) is 30.7 Å². The van der Waals surface area contributed by atoms with Gasteiger partial charge in [-0.3, -0.25) is 4.79 Å². The van der Waals surface area contributed by atoms with Gasteiger partial charge in [-0.05, 0) is 26.2 Å². The van der Waals surface area contributed by atoms with Gasteiger partial charge in [-0.2, -0.15) is 0 Å². The fraction of sp³-hybridized carbons (Fsp3) is 0.900. The minimum Gasteiger partial charge on any atom is -0.378 e. The summed E-state index contributed by atoms with van der Waals surface area (Å²) in [6.45, 7) is 2.67. The maximum absolute atomic E-state index is 11.7. The molecule has 1 aliphatic carbocycles. The predicted molar refractivity (Wildman–Crippen MR) is 52.7 cm³/mol. The molecule has 2 atom stereocenters. The normalized spacial score (nSPS) is 41.9. The molecule has 3 N–H and O–H groups in total. The molecule has 2 rings (SSSR count). The van der Waals surface area contributed by atoms with Gasteiger partial charge in [0.05, 0.1) is 12.0 Å². The van der Waals surface area contributed by atoms with Crippen LogP contribution in [0.4, 0.5) is 0 Å². The Morgan fingerprint density at radius 3 is 2.71 bits per heavy atom. The molecular weight excluding hydrogens is 180 g/mol. The number of hydrogen-bond donors (Lipinski definition) is 2. The highest BCUT2D eigenvalue weighted by Crippen LogP contribution is 2.23. The fourth-order valence-electron chi connectivity index (χ4n) is 2.16. The Kier molecular flexibility index (Phi) is 2.74. The third-order valence-corrected chi connectivity index (χ3v) is 3.23. The van der Waals surface area contributed by atoms with Crippen molar-refractivity contribution in [2.24, 2.45) is 11.7 Å². The number of amides is 1. The first-order chi connectivity index (χ1) is 6.66. The first kappa shape index (κ1) is 9.93. The van der Waals surface area contributed by atoms with E-state index in [2.05, 4.69) is 5.32 Å². The molecule has 1 saturated heterocycles. The molecule has 4 nitrogen and oxygen atoms in total. The molecule has 0 bridgehead atoms. The van der Waals surface area contributed by atoms with E-state index in [9.17, 15) is 4.79 Å². The molecule has 80 valence electrons. The smallest absolute Gasteiger partial charge is 0.226 e. The third kappa shape index (κ3) is 1.91. The molecule has 1 saturated carbocycles. The van der Waals surface area contributed by atoms with Crippen LogP contribution in [0.5, 0.6) is 0 Å². The van der Waals surface area contributed by atoms with Gasteiger partial charge in [0.15, 0.2) is 0 Å². The van der Waals surface area contributed by atoms with Gasteiger partial charge in [-0.1, -0.05) is 0 Å². The largest absolute Gasteiger partial charge is 0.378 e. The van der Waals surface area contributed by atoms with E-state index >= 15 is 0 Å². The Morgan fingerprint density at radius 1 is 1.50 bits per heavy atom. The number of ether oxygens (including phenoxy) is 1. The second-order valence-electron chi connectivity index (χ2n) is 4.41. The molecule has 2 fully saturated rings. The Labute approximate surface area is 84.2 Å². The summed E-state index contributed by atoms with van der Waals surface area (Å²) in [5, 5.41) is 3.02. The summed E-state index contributed by atoms with van der Waals surface area (Å²) in [5.41, 5.74) is 5.65. The SMILES string of the molecule is CC1OCCC1C(=O)NC1CC(N)C1. The van der Waals surface area contributed by atoms with Gasteiger partial charge >= 0.3 is 0 Å². The van der Waals surface area contributed by atoms with E-state index in [1.165, 1.54) is 0 Å². The van der Waals surface area contributed by atoms with E-state index in [1.807, 2.05) is 6.92 Å². The van der Waals surface area contributed by atoms with Crippen molar-refractivity contribution in [1.29, 1.82) is 0 Å². The summed E-state index contributed by atoms with van der Waals surface area (Å²) in [6, 6.07) is 0.600. The number of hydrogen-bond acceptors (Lipinski definition) is 3. The van der Waals surface area contributed by atoms with Crippen molar-refractivity contribution >= 4 is 5.91 Å². The number of carbonyl (C=O) groups is 1. The lowest BCUT2D eigenvalue weighted by molar-refractivity contribution is -0.127. The average molecular weight is 198 g/mol. The minimum atomic E-state index is 0.0480. The van der Waals surface area contributed by atoms with Crippen LogP contribution in [0.2, 0.25) is 0 Å². The molecule has 1 heterocycles. The van der Waals surface area contributed by atoms with Crippen molar-refractivity contribution < 1.29 is 9.53 Å². The number of nitrogens with two attached hydrogens (primary N) is 1. The highest BCUT2D eigenvalue weighted by Gasteiger charge is 2.34. The Bertz CT molecular complexity index is 226. The van der Waals surface area contributed by atoms with Crippen molar-refractivity contribution in [3.05, 3.63) is 0 Å². The van der Waals surface area contributed by atoms with Crippen LogP contribution in [0.15, 0.2) is 0 Å². The van der Waals surface area contributed by atoms with Crippen molar-refractivity contribution in [1.82, 2.24) is 5.32 Å². The van der Waals surface area contributed by atoms with E-state index in [4.69, 9.17) is 10.5 Å². The minimum absolute atomic E-state index is 0.0480. The molecule has 4 heteroatoms. The molecule has 1 amide bonds. The zero-order valence-electron chi connectivity index (χ0n) is 8.53. The Morgan fingerprint density at radius 2 is 2.21 bits per heavy atom. The summed E-state index contributed by atoms with van der Waals surface area (Å²) in [7, 11) is 0. The van der Waals surface area contributed by atoms with E-state index in [0.29, 0.717) is 12.6 Å². The second kappa shape index (κ2) is 3.87. The van der Waals surface area contributed by atoms with Crippen LogP contribution in [-0.2, 0) is 9.53 Å². The van der Waals surface area contributed by atoms with Gasteiger partial charge in [-0.25, -0.2) is 0 Å². The Hall–Kier alpha value is -0.610. The molecule has 0 aromatic rings. The third-order valence-electron chi connectivity index (χ3n) is 3.23. The lowest BCUT2D eigenvalue weighted by Crippen LogP contribution is -2.52. The van der Waals surface area contributed by atoms with E-state index in [-0.39, 0.29) is 24.0 Å². The summed E-state index contributed by atoms with van der Waals surface area (Å²) in [6.07, 6.45) is 2.77. The van der Waals surface area contributed by atoms with E-state index < -0.39 is 0 Å². The highest BCUT2D eigenvalue weighted by atomic mass is 16.5. The fourth-order valence-corrected chi connectivity index (χ4v) is 2.16. The van der Waals surface area contributed by atoms with Crippen LogP contribution in [0.3, 0.4) is 0 Å². The molecule has 0 radical (unpaired) electrons. The molecule has 0 spiro atoms. The zero-order chi connectivity index (χ0) is 10.1. The van der Waals surface area contributed by atoms with Crippen LogP contribution in [0, 0.1) is 5.92 Å². The molecule has 0 aromatic heterocycles. The topological polar surface area (TPSA) is 64.3 Å². The average Bonchev–Trinajstić information content (AvgIpc) is 2.48. The quantitative estimate of drug-likeness (QED) is 0.657. The van der Waals surface area contributed by atoms with Crippen molar-refractivity contribution in [3.8, 4) is 0 Å².